The van der Waals surface area contributed by atoms with Gasteiger partial charge in [0.25, 0.3) is 0 Å². The maximum Gasteiger partial charge on any atom is 0.330 e. The van der Waals surface area contributed by atoms with Gasteiger partial charge in [-0.1, -0.05) is 130 Å². The average molecular weight is 1310 g/mol. The second-order valence-corrected chi connectivity index (χ2v) is 38.6. The molecule has 0 amide bonds. The molecule has 87 heavy (non-hydrogen) atoms. The highest BCUT2D eigenvalue weighted by atomic mass is 79.9. The first-order valence-electron chi connectivity index (χ1n) is 32.0. The predicted molar refractivity (Wildman–Crippen MR) is 351 cm³/mol. The zero-order valence-electron chi connectivity index (χ0n) is 55.4. The van der Waals surface area contributed by atoms with E-state index in [0.717, 1.165) is 35.3 Å². The highest BCUT2D eigenvalue weighted by Crippen LogP contribution is 2.47. The topological polar surface area (TPSA) is 172 Å². The molecule has 2 aromatic rings. The van der Waals surface area contributed by atoms with Crippen molar-refractivity contribution in [2.75, 3.05) is 20.8 Å². The number of aromatic nitrogens is 2. The molecule has 0 aliphatic carbocycles. The number of fused-ring (bicyclic) bond motifs is 9. The van der Waals surface area contributed by atoms with Gasteiger partial charge in [0.05, 0.1) is 61.4 Å². The molecule has 2 aromatic heterocycles. The van der Waals surface area contributed by atoms with E-state index in [1.54, 1.807) is 32.8 Å². The van der Waals surface area contributed by atoms with Crippen molar-refractivity contribution in [2.24, 2.45) is 17.8 Å². The van der Waals surface area contributed by atoms with Gasteiger partial charge >= 0.3 is 5.97 Å². The third kappa shape index (κ3) is 18.4. The molecule has 0 radical (unpaired) electrons. The van der Waals surface area contributed by atoms with Crippen molar-refractivity contribution < 1.29 is 60.7 Å². The number of halogens is 1. The predicted octanol–water partition coefficient (Wildman–Crippen LogP) is 15.7. The first-order chi connectivity index (χ1) is 41.1. The molecule has 4 saturated heterocycles. The summed E-state index contributed by atoms with van der Waals surface area (Å²) in [6.07, 6.45) is 22.3. The third-order valence-electron chi connectivity index (χ3n) is 19.5. The molecule has 1 N–H and O–H groups in total. The van der Waals surface area contributed by atoms with Crippen LogP contribution >= 0.6 is 15.9 Å². The van der Waals surface area contributed by atoms with E-state index >= 15 is 0 Å². The van der Waals surface area contributed by atoms with Crippen LogP contribution in [0.4, 0.5) is 0 Å². The first-order valence-corrected chi connectivity index (χ1v) is 37.9. The van der Waals surface area contributed by atoms with Crippen LogP contribution in [0.2, 0.25) is 34.8 Å². The van der Waals surface area contributed by atoms with Gasteiger partial charge < -0.3 is 56.0 Å². The van der Waals surface area contributed by atoms with Crippen LogP contribution in [-0.4, -0.2) is 125 Å². The Morgan fingerprint density at radius 1 is 0.908 bits per heavy atom. The Morgan fingerprint density at radius 3 is 2.29 bits per heavy atom. The zero-order chi connectivity index (χ0) is 63.6. The Labute approximate surface area is 531 Å². The molecule has 0 spiro atoms. The lowest BCUT2D eigenvalue weighted by Gasteiger charge is -2.49. The number of hydrogen-bond acceptors (Lipinski definition) is 15. The fraction of sp³-hybridized carbons (Fsp3) is 0.696. The van der Waals surface area contributed by atoms with Crippen molar-refractivity contribution in [3.63, 3.8) is 0 Å². The number of nitrogens with zero attached hydrogens (tertiary/aromatic N) is 2. The van der Waals surface area contributed by atoms with Crippen molar-refractivity contribution in [1.82, 2.24) is 9.97 Å². The summed E-state index contributed by atoms with van der Waals surface area (Å²) in [6.45, 7) is 37.7. The fourth-order valence-electron chi connectivity index (χ4n) is 14.0. The van der Waals surface area contributed by atoms with Gasteiger partial charge in [-0.2, -0.15) is 0 Å². The van der Waals surface area contributed by atoms with Gasteiger partial charge in [0.1, 0.15) is 36.1 Å². The van der Waals surface area contributed by atoms with E-state index in [1.807, 2.05) is 37.3 Å². The second kappa shape index (κ2) is 31.2. The molecule has 7 heterocycles. The van der Waals surface area contributed by atoms with Crippen LogP contribution in [0.15, 0.2) is 81.1 Å². The highest BCUT2D eigenvalue weighted by Gasteiger charge is 2.52. The molecule has 0 saturated carbocycles. The van der Waals surface area contributed by atoms with Crippen molar-refractivity contribution in [3.8, 4) is 10.8 Å². The van der Waals surface area contributed by atoms with Gasteiger partial charge in [0.15, 0.2) is 20.0 Å². The number of hydrogen-bond donors (Lipinski definition) is 1. The number of oxazole rings is 2. The Morgan fingerprint density at radius 2 is 1.62 bits per heavy atom. The number of carbonyl (C=O) groups excluding carboxylic acids is 1. The van der Waals surface area contributed by atoms with Gasteiger partial charge in [-0.05, 0) is 116 Å². The maximum atomic E-state index is 13.9. The number of methoxy groups -OCH3 is 2. The molecule has 7 rings (SSSR count). The third-order valence-corrected chi connectivity index (χ3v) is 30.4. The minimum Gasteiger partial charge on any atom is -0.458 e. The molecular formula is C69H105BrN2O13Si2. The highest BCUT2D eigenvalue weighted by molar-refractivity contribution is 9.12. The zero-order valence-corrected chi connectivity index (χ0v) is 59.0. The van der Waals surface area contributed by atoms with Crippen LogP contribution in [0.1, 0.15) is 183 Å². The lowest BCUT2D eigenvalue weighted by molar-refractivity contribution is -0.291. The Kier molecular flexibility index (Phi) is 25.4. The summed E-state index contributed by atoms with van der Waals surface area (Å²) in [7, 11) is -1.25. The van der Waals surface area contributed by atoms with E-state index in [-0.39, 0.29) is 78.5 Å². The molecule has 1 unspecified atom stereocenters. The van der Waals surface area contributed by atoms with Gasteiger partial charge in [-0.3, -0.25) is 0 Å². The minimum absolute atomic E-state index is 0.00755. The molecule has 18 heteroatoms. The van der Waals surface area contributed by atoms with Gasteiger partial charge in [0.2, 0.25) is 14.2 Å². The van der Waals surface area contributed by atoms with Gasteiger partial charge in [-0.15, -0.1) is 0 Å². The van der Waals surface area contributed by atoms with Crippen molar-refractivity contribution >= 4 is 50.7 Å². The number of aliphatic hydroxyl groups is 1. The number of aliphatic hydroxyl groups excluding tert-OH is 1. The molecule has 4 fully saturated rings. The van der Waals surface area contributed by atoms with Crippen molar-refractivity contribution in [3.05, 3.63) is 95.4 Å². The molecule has 15 atom stereocenters. The molecule has 8 bridgehead atoms. The summed E-state index contributed by atoms with van der Waals surface area (Å²) in [5.74, 6) is 1.79. The normalized spacial score (nSPS) is 31.7. The van der Waals surface area contributed by atoms with E-state index in [4.69, 9.17) is 60.8 Å². The number of carbonyl (C=O) groups is 1. The van der Waals surface area contributed by atoms with Crippen molar-refractivity contribution in [1.29, 1.82) is 0 Å². The minimum atomic E-state index is -2.48. The number of ether oxygens (including phenoxy) is 7. The standard InChI is InChI=1S/C69H105BrN2O13Si2/c1-43(2)87(44(3)4,45(5)6)85-62(32-46(7)27-28-53(75-15)23-21-29-70)61-34-51(40-73)38-69(76-16,83-61)39-64-71-52(41-77-64)33-48(9)66-50(11)67-49(10)59(81-66)24-20-25-63-72-58(42-78-63)60-37-57(84-86(17,18)68(12,13)14)36-56(80-60)35-55-31-47(8)30-54(79-55)22-19-26-65(74)82-67/h19-20,25-28,32-33,41-45,49-51,53-57,59-62,66-67,73H,8,22-24,30-31,34-40H2,1-7,9-18H3/b25-20+,26-19-,28-27+,46-32+,48-33+/t49-,50-,51+,53+,54-,55+,56+,57+,59+,60+,61+,62+,66?,67-,69-/m0/s1. The molecule has 15 nitrogen and oxygen atoms in total. The summed E-state index contributed by atoms with van der Waals surface area (Å²) in [6, 6.07) is 0. The Bertz CT molecular complexity index is 2780. The fourth-order valence-corrected chi connectivity index (χ4v) is 21.0. The van der Waals surface area contributed by atoms with Crippen LogP contribution in [0.3, 0.4) is 0 Å². The van der Waals surface area contributed by atoms with E-state index in [1.165, 1.54) is 0 Å². The molecule has 5 aliphatic heterocycles. The maximum absolute atomic E-state index is 13.9. The summed E-state index contributed by atoms with van der Waals surface area (Å²) >= 11 is 3.20. The van der Waals surface area contributed by atoms with E-state index in [2.05, 4.69) is 142 Å². The summed E-state index contributed by atoms with van der Waals surface area (Å²) < 4.78 is 73.4. The summed E-state index contributed by atoms with van der Waals surface area (Å²) in [5.41, 5.74) is 5.30. The van der Waals surface area contributed by atoms with Crippen LogP contribution in [0, 0.1) is 28.5 Å². The monoisotopic (exact) mass is 1300 g/mol. The Balaban J connectivity index is 1.14. The quantitative estimate of drug-likeness (QED) is 0.0462. The van der Waals surface area contributed by atoms with E-state index in [9.17, 15) is 9.90 Å². The molecular weight excluding hydrogens is 1200 g/mol. The lowest BCUT2D eigenvalue weighted by atomic mass is 9.79. The van der Waals surface area contributed by atoms with Crippen LogP contribution in [-0.2, 0) is 53.2 Å². The average Bonchev–Trinajstić information content (AvgIpc) is 2.23. The van der Waals surface area contributed by atoms with Crippen molar-refractivity contribution in [2.45, 2.75) is 268 Å². The SMILES string of the molecule is C=C1C[C@@H]2C[C@@H]3C[C@@H](O[Si](C)(C)C(C)(C)C)C[C@@H](O3)c3coc(n3)/C=C/C[C@H]3OC(/C(C)=C/c4coc(C[C@]5(OC)C[C@H](CO)C[C@H]([C@@H](/C=C(C)/C=C/[C@@H](CC#CBr)OC)O[Si](C(C)C)(C(C)C)C(C)C)O5)n4)[C@H](C)[C@@H](OC(=O)/C=C\C[C@@H](C1)O2)[C@H]3C. The van der Waals surface area contributed by atoms with Crippen LogP contribution < -0.4 is 0 Å². The Hall–Kier alpha value is -3.56. The molecule has 484 valence electrons. The van der Waals surface area contributed by atoms with E-state index in [0.29, 0.717) is 85.5 Å². The number of rotatable bonds is 19. The molecule has 5 aliphatic rings. The van der Waals surface area contributed by atoms with Gasteiger partial charge in [-0.25, -0.2) is 14.8 Å². The number of allylic oxidation sites excluding steroid dienone is 2. The molecule has 0 aromatic carbocycles. The van der Waals surface area contributed by atoms with Gasteiger partial charge in [0, 0.05) is 80.4 Å². The summed E-state index contributed by atoms with van der Waals surface area (Å²) in [4.78, 5) is 26.7. The number of esters is 1. The smallest absolute Gasteiger partial charge is 0.330 e. The first kappa shape index (κ1) is 70.9. The van der Waals surface area contributed by atoms with Crippen LogP contribution in [0.25, 0.3) is 12.2 Å². The lowest BCUT2D eigenvalue weighted by Crippen LogP contribution is -2.56. The summed E-state index contributed by atoms with van der Waals surface area (Å²) in [5, 5.41) is 11.0. The second-order valence-electron chi connectivity index (χ2n) is 28.0. The van der Waals surface area contributed by atoms with Crippen LogP contribution in [0.5, 0.6) is 0 Å². The largest absolute Gasteiger partial charge is 0.458 e. The van der Waals surface area contributed by atoms with E-state index < -0.39 is 52.8 Å².